The molecule has 1 unspecified atom stereocenters. The molecule has 0 amide bonds. The maximum absolute atomic E-state index is 5.50. The highest BCUT2D eigenvalue weighted by molar-refractivity contribution is 4.93. The third-order valence-electron chi connectivity index (χ3n) is 2.97. The van der Waals surface area contributed by atoms with Crippen LogP contribution >= 0.6 is 0 Å². The van der Waals surface area contributed by atoms with Gasteiger partial charge in [-0.15, -0.1) is 5.10 Å². The monoisotopic (exact) mass is 254 g/mol. The van der Waals surface area contributed by atoms with Gasteiger partial charge < -0.3 is 10.6 Å². The lowest BCUT2D eigenvalue weighted by molar-refractivity contribution is 0.172. The van der Waals surface area contributed by atoms with Crippen LogP contribution in [0.25, 0.3) is 0 Å². The van der Waals surface area contributed by atoms with Gasteiger partial charge in [0.05, 0.1) is 12.2 Å². The van der Waals surface area contributed by atoms with Gasteiger partial charge in [0.15, 0.2) is 0 Å². The Kier molecular flexibility index (Phi) is 6.24. The van der Waals surface area contributed by atoms with Crippen LogP contribution in [0, 0.1) is 0 Å². The smallest absolute Gasteiger partial charge is 0.0967 e. The third-order valence-corrected chi connectivity index (χ3v) is 2.97. The minimum Gasteiger partial charge on any atom is -0.329 e. The summed E-state index contributed by atoms with van der Waals surface area (Å²) in [5.41, 5.74) is 6.51. The van der Waals surface area contributed by atoms with Gasteiger partial charge in [-0.25, -0.2) is 0 Å². The van der Waals surface area contributed by atoms with Gasteiger partial charge in [0.2, 0.25) is 0 Å². The van der Waals surface area contributed by atoms with E-state index in [2.05, 4.69) is 48.1 Å². The lowest BCUT2D eigenvalue weighted by atomic mass is 10.2. The van der Waals surface area contributed by atoms with E-state index < -0.39 is 0 Å². The molecule has 0 saturated carbocycles. The summed E-state index contributed by atoms with van der Waals surface area (Å²) < 4.78 is 1.81. The Morgan fingerprint density at radius 1 is 1.44 bits per heavy atom. The summed E-state index contributed by atoms with van der Waals surface area (Å²) >= 11 is 0. The van der Waals surface area contributed by atoms with Crippen LogP contribution in [0.4, 0.5) is 0 Å². The van der Waals surface area contributed by atoms with Crippen molar-refractivity contribution < 1.29 is 0 Å². The Labute approximate surface area is 110 Å². The van der Waals surface area contributed by atoms with Crippen molar-refractivity contribution in [3.05, 3.63) is 11.9 Å². The average molecular weight is 254 g/mol. The van der Waals surface area contributed by atoms with Gasteiger partial charge in [-0.05, 0) is 27.6 Å². The minimum atomic E-state index is 0.504. The van der Waals surface area contributed by atoms with Crippen molar-refractivity contribution in [1.82, 2.24) is 24.8 Å². The zero-order valence-corrected chi connectivity index (χ0v) is 12.0. The maximum Gasteiger partial charge on any atom is 0.0967 e. The molecule has 6 heteroatoms. The van der Waals surface area contributed by atoms with E-state index in [1.807, 2.05) is 6.20 Å². The molecule has 0 aliphatic carbocycles. The number of nitrogens with zero attached hydrogens (tertiary/aromatic N) is 5. The van der Waals surface area contributed by atoms with E-state index in [9.17, 15) is 0 Å². The fourth-order valence-electron chi connectivity index (χ4n) is 2.08. The Bertz CT molecular complexity index is 335. The predicted molar refractivity (Wildman–Crippen MR) is 73.2 cm³/mol. The van der Waals surface area contributed by atoms with E-state index in [0.29, 0.717) is 12.6 Å². The number of nitrogens with two attached hydrogens (primary N) is 1. The highest BCUT2D eigenvalue weighted by atomic mass is 15.4. The van der Waals surface area contributed by atoms with Crippen LogP contribution < -0.4 is 5.73 Å². The SMILES string of the molecule is CCN(Cc1cn(CCN)nn1)C(C)CN(C)C. The third kappa shape index (κ3) is 4.72. The lowest BCUT2D eigenvalue weighted by Crippen LogP contribution is -2.39. The lowest BCUT2D eigenvalue weighted by Gasteiger charge is -2.29. The van der Waals surface area contributed by atoms with E-state index in [1.165, 1.54) is 0 Å². The zero-order valence-electron chi connectivity index (χ0n) is 12.0. The molecule has 0 bridgehead atoms. The van der Waals surface area contributed by atoms with Gasteiger partial charge in [-0.2, -0.15) is 0 Å². The van der Waals surface area contributed by atoms with Gasteiger partial charge in [0.25, 0.3) is 0 Å². The summed E-state index contributed by atoms with van der Waals surface area (Å²) in [7, 11) is 4.20. The van der Waals surface area contributed by atoms with E-state index >= 15 is 0 Å². The normalized spacial score (nSPS) is 13.5. The average Bonchev–Trinajstić information content (AvgIpc) is 2.73. The molecule has 0 saturated heterocycles. The van der Waals surface area contributed by atoms with Crippen LogP contribution in [-0.4, -0.2) is 64.6 Å². The largest absolute Gasteiger partial charge is 0.329 e. The molecule has 0 spiro atoms. The molecule has 18 heavy (non-hydrogen) atoms. The molecule has 1 atom stereocenters. The van der Waals surface area contributed by atoms with Crippen molar-refractivity contribution >= 4 is 0 Å². The van der Waals surface area contributed by atoms with Gasteiger partial charge in [0.1, 0.15) is 0 Å². The van der Waals surface area contributed by atoms with E-state index in [1.54, 1.807) is 4.68 Å². The van der Waals surface area contributed by atoms with Gasteiger partial charge in [0, 0.05) is 31.9 Å². The Morgan fingerprint density at radius 3 is 2.72 bits per heavy atom. The molecule has 1 heterocycles. The van der Waals surface area contributed by atoms with E-state index in [0.717, 1.165) is 31.9 Å². The number of aromatic nitrogens is 3. The molecule has 2 N–H and O–H groups in total. The quantitative estimate of drug-likeness (QED) is 0.708. The van der Waals surface area contributed by atoms with Crippen molar-refractivity contribution in [1.29, 1.82) is 0 Å². The summed E-state index contributed by atoms with van der Waals surface area (Å²) in [4.78, 5) is 4.61. The molecule has 1 aromatic heterocycles. The molecule has 0 radical (unpaired) electrons. The second kappa shape index (κ2) is 7.45. The second-order valence-electron chi connectivity index (χ2n) is 4.94. The summed E-state index contributed by atoms with van der Waals surface area (Å²) in [6, 6.07) is 0.504. The Hall–Kier alpha value is -0.980. The van der Waals surface area contributed by atoms with Crippen molar-refractivity contribution in [3.8, 4) is 0 Å². The first-order valence-electron chi connectivity index (χ1n) is 6.54. The van der Waals surface area contributed by atoms with E-state index in [4.69, 9.17) is 5.73 Å². The number of rotatable bonds is 8. The summed E-state index contributed by atoms with van der Waals surface area (Å²) in [6.07, 6.45) is 1.98. The van der Waals surface area contributed by atoms with Crippen molar-refractivity contribution in [3.63, 3.8) is 0 Å². The van der Waals surface area contributed by atoms with Crippen molar-refractivity contribution in [2.45, 2.75) is 33.0 Å². The molecule has 0 fully saturated rings. The molecule has 104 valence electrons. The molecular weight excluding hydrogens is 228 g/mol. The molecule has 1 rings (SSSR count). The topological polar surface area (TPSA) is 63.2 Å². The maximum atomic E-state index is 5.50. The molecule has 0 aliphatic rings. The van der Waals surface area contributed by atoms with Crippen LogP contribution in [0.3, 0.4) is 0 Å². The van der Waals surface area contributed by atoms with Crippen molar-refractivity contribution in [2.75, 3.05) is 33.7 Å². The first kappa shape index (κ1) is 15.1. The molecule has 0 aromatic carbocycles. The predicted octanol–water partition coefficient (Wildman–Crippen LogP) is 0.00880. The summed E-state index contributed by atoms with van der Waals surface area (Å²) in [5, 5.41) is 8.25. The number of likely N-dealkylation sites (N-methyl/N-ethyl adjacent to an activating group) is 2. The molecule has 0 aliphatic heterocycles. The van der Waals surface area contributed by atoms with Crippen LogP contribution in [0.2, 0.25) is 0 Å². The van der Waals surface area contributed by atoms with Gasteiger partial charge in [-0.1, -0.05) is 12.1 Å². The number of hydrogen-bond donors (Lipinski definition) is 1. The van der Waals surface area contributed by atoms with Crippen LogP contribution in [0.15, 0.2) is 6.20 Å². The van der Waals surface area contributed by atoms with Gasteiger partial charge in [-0.3, -0.25) is 9.58 Å². The minimum absolute atomic E-state index is 0.504. The fraction of sp³-hybridized carbons (Fsp3) is 0.833. The highest BCUT2D eigenvalue weighted by Crippen LogP contribution is 2.06. The van der Waals surface area contributed by atoms with Crippen LogP contribution in [-0.2, 0) is 13.1 Å². The second-order valence-corrected chi connectivity index (χ2v) is 4.94. The molecule has 1 aromatic rings. The number of hydrogen-bond acceptors (Lipinski definition) is 5. The summed E-state index contributed by atoms with van der Waals surface area (Å²) in [6.45, 7) is 8.65. The Balaban J connectivity index is 2.55. The zero-order chi connectivity index (χ0) is 13.5. The van der Waals surface area contributed by atoms with E-state index in [-0.39, 0.29) is 0 Å². The van der Waals surface area contributed by atoms with Crippen LogP contribution in [0.5, 0.6) is 0 Å². The fourth-order valence-corrected chi connectivity index (χ4v) is 2.08. The first-order valence-corrected chi connectivity index (χ1v) is 6.54. The van der Waals surface area contributed by atoms with Crippen LogP contribution in [0.1, 0.15) is 19.5 Å². The Morgan fingerprint density at radius 2 is 2.17 bits per heavy atom. The van der Waals surface area contributed by atoms with Gasteiger partial charge >= 0.3 is 0 Å². The summed E-state index contributed by atoms with van der Waals surface area (Å²) in [5.74, 6) is 0. The highest BCUT2D eigenvalue weighted by Gasteiger charge is 2.14. The van der Waals surface area contributed by atoms with Crippen molar-refractivity contribution in [2.24, 2.45) is 5.73 Å². The first-order chi connectivity index (χ1) is 8.56. The standard InChI is InChI=1S/C12H26N6/c1-5-17(11(2)8-16(3)4)9-12-10-18(7-6-13)15-14-12/h10-11H,5-9,13H2,1-4H3. The molecular formula is C12H26N6. The molecule has 6 nitrogen and oxygen atoms in total.